The highest BCUT2D eigenvalue weighted by atomic mass is 79.9. The fraction of sp³-hybridized carbons (Fsp3) is 0.429. The Balaban J connectivity index is 1.74. The highest BCUT2D eigenvalue weighted by Crippen LogP contribution is 2.35. The maximum Gasteiger partial charge on any atom is 0.113 e. The molecule has 0 radical (unpaired) electrons. The molecule has 1 aromatic carbocycles. The third-order valence-electron chi connectivity index (χ3n) is 3.86. The van der Waals surface area contributed by atoms with Gasteiger partial charge in [0.1, 0.15) is 11.8 Å². The Morgan fingerprint density at radius 3 is 2.85 bits per heavy atom. The van der Waals surface area contributed by atoms with Crippen LogP contribution in [0.4, 0.5) is 0 Å². The summed E-state index contributed by atoms with van der Waals surface area (Å²) in [6.45, 7) is 0.261. The molecule has 0 bridgehead atoms. The number of halogens is 1. The van der Waals surface area contributed by atoms with E-state index < -0.39 is 11.7 Å². The van der Waals surface area contributed by atoms with E-state index >= 15 is 0 Å². The van der Waals surface area contributed by atoms with Crippen molar-refractivity contribution < 1.29 is 10.2 Å². The van der Waals surface area contributed by atoms with E-state index in [2.05, 4.69) is 26.2 Å². The van der Waals surface area contributed by atoms with E-state index in [1.54, 1.807) is 10.9 Å². The molecule has 1 fully saturated rings. The zero-order chi connectivity index (χ0) is 14.2. The smallest absolute Gasteiger partial charge is 0.113 e. The van der Waals surface area contributed by atoms with Gasteiger partial charge in [0, 0.05) is 10.0 Å². The van der Waals surface area contributed by atoms with Gasteiger partial charge in [0.25, 0.3) is 0 Å². The van der Waals surface area contributed by atoms with Gasteiger partial charge in [-0.15, -0.1) is 5.10 Å². The Morgan fingerprint density at radius 1 is 1.40 bits per heavy atom. The summed E-state index contributed by atoms with van der Waals surface area (Å²) in [6, 6.07) is 7.80. The molecule has 0 aliphatic heterocycles. The topological polar surface area (TPSA) is 71.2 Å². The van der Waals surface area contributed by atoms with E-state index in [1.165, 1.54) is 0 Å². The van der Waals surface area contributed by atoms with Crippen LogP contribution >= 0.6 is 15.9 Å². The molecule has 1 heterocycles. The number of hydrogen-bond donors (Lipinski definition) is 2. The summed E-state index contributed by atoms with van der Waals surface area (Å²) in [6.07, 6.45) is 3.26. The number of benzene rings is 1. The van der Waals surface area contributed by atoms with Crippen LogP contribution in [0.1, 0.15) is 19.3 Å². The molecule has 6 heteroatoms. The van der Waals surface area contributed by atoms with Crippen molar-refractivity contribution in [2.75, 3.05) is 0 Å². The lowest BCUT2D eigenvalue weighted by molar-refractivity contribution is -0.131. The lowest BCUT2D eigenvalue weighted by Gasteiger charge is -2.40. The highest BCUT2D eigenvalue weighted by Gasteiger charge is 2.41. The second kappa shape index (κ2) is 5.27. The van der Waals surface area contributed by atoms with Crippen molar-refractivity contribution in [2.45, 2.75) is 37.5 Å². The molecular weight excluding hydrogens is 322 g/mol. The largest absolute Gasteiger partial charge is 0.388 e. The Hall–Kier alpha value is -1.24. The van der Waals surface area contributed by atoms with Gasteiger partial charge >= 0.3 is 0 Å². The first-order valence-corrected chi connectivity index (χ1v) is 7.43. The lowest BCUT2D eigenvalue weighted by atomic mass is 9.76. The minimum Gasteiger partial charge on any atom is -0.388 e. The molecule has 20 heavy (non-hydrogen) atoms. The zero-order valence-electron chi connectivity index (χ0n) is 10.9. The molecule has 0 spiro atoms. The summed E-state index contributed by atoms with van der Waals surface area (Å²) in [4.78, 5) is 0. The summed E-state index contributed by atoms with van der Waals surface area (Å²) in [5.74, 6) is 0. The Labute approximate surface area is 125 Å². The van der Waals surface area contributed by atoms with E-state index in [-0.39, 0.29) is 6.54 Å². The molecule has 1 atom stereocenters. The van der Waals surface area contributed by atoms with Crippen molar-refractivity contribution in [3.63, 3.8) is 0 Å². The van der Waals surface area contributed by atoms with Crippen molar-refractivity contribution in [2.24, 2.45) is 0 Å². The van der Waals surface area contributed by atoms with Crippen LogP contribution in [0.5, 0.6) is 0 Å². The fourth-order valence-electron chi connectivity index (χ4n) is 2.39. The number of aliphatic hydroxyl groups is 2. The van der Waals surface area contributed by atoms with Crippen LogP contribution in [0.25, 0.3) is 11.3 Å². The minimum atomic E-state index is -0.943. The summed E-state index contributed by atoms with van der Waals surface area (Å²) in [7, 11) is 0. The van der Waals surface area contributed by atoms with E-state index in [1.807, 2.05) is 24.3 Å². The third-order valence-corrected chi connectivity index (χ3v) is 4.35. The normalized spacial score (nSPS) is 18.6. The summed E-state index contributed by atoms with van der Waals surface area (Å²) >= 11 is 3.42. The first-order valence-electron chi connectivity index (χ1n) is 6.63. The van der Waals surface area contributed by atoms with Crippen LogP contribution in [-0.2, 0) is 6.54 Å². The van der Waals surface area contributed by atoms with Crippen LogP contribution < -0.4 is 0 Å². The van der Waals surface area contributed by atoms with E-state index in [0.29, 0.717) is 12.8 Å². The Morgan fingerprint density at radius 2 is 2.20 bits per heavy atom. The number of nitrogens with zero attached hydrogens (tertiary/aromatic N) is 3. The van der Waals surface area contributed by atoms with E-state index in [0.717, 1.165) is 22.2 Å². The third kappa shape index (κ3) is 2.63. The second-order valence-corrected chi connectivity index (χ2v) is 6.22. The lowest BCUT2D eigenvalue weighted by Crippen LogP contribution is -2.50. The first kappa shape index (κ1) is 13.7. The molecule has 1 aromatic heterocycles. The minimum absolute atomic E-state index is 0.261. The fourth-order valence-corrected chi connectivity index (χ4v) is 2.79. The van der Waals surface area contributed by atoms with Crippen molar-refractivity contribution in [3.8, 4) is 11.3 Å². The van der Waals surface area contributed by atoms with Gasteiger partial charge in [-0.2, -0.15) is 0 Å². The summed E-state index contributed by atoms with van der Waals surface area (Å²) in [5.41, 5.74) is 0.767. The molecule has 106 valence electrons. The maximum atomic E-state index is 10.1. The standard InChI is InChI=1S/C14H16BrN3O2/c15-11-4-1-3-10(7-11)12-8-18(17-16-12)9-13(19)14(20)5-2-6-14/h1,3-4,7-8,13,19-20H,2,5-6,9H2. The molecule has 5 nitrogen and oxygen atoms in total. The van der Waals surface area contributed by atoms with Gasteiger partial charge in [-0.3, -0.25) is 0 Å². The van der Waals surface area contributed by atoms with Crippen molar-refractivity contribution in [3.05, 3.63) is 34.9 Å². The van der Waals surface area contributed by atoms with Gasteiger partial charge in [0.2, 0.25) is 0 Å². The Kier molecular flexibility index (Phi) is 3.62. The molecule has 0 amide bonds. The Bertz CT molecular complexity index is 610. The van der Waals surface area contributed by atoms with Gasteiger partial charge in [-0.05, 0) is 31.4 Å². The summed E-state index contributed by atoms with van der Waals surface area (Å²) in [5, 5.41) is 28.3. The van der Waals surface area contributed by atoms with Crippen LogP contribution in [0, 0.1) is 0 Å². The quantitative estimate of drug-likeness (QED) is 0.894. The number of rotatable bonds is 4. The van der Waals surface area contributed by atoms with Crippen LogP contribution in [0.2, 0.25) is 0 Å². The van der Waals surface area contributed by atoms with Crippen molar-refractivity contribution >= 4 is 15.9 Å². The van der Waals surface area contributed by atoms with E-state index in [4.69, 9.17) is 0 Å². The van der Waals surface area contributed by atoms with Gasteiger partial charge in [-0.25, -0.2) is 4.68 Å². The van der Waals surface area contributed by atoms with Crippen LogP contribution in [-0.4, -0.2) is 36.9 Å². The first-order chi connectivity index (χ1) is 9.57. The van der Waals surface area contributed by atoms with Gasteiger partial charge in [0.05, 0.1) is 18.3 Å². The molecular formula is C14H16BrN3O2. The molecule has 1 saturated carbocycles. The summed E-state index contributed by atoms with van der Waals surface area (Å²) < 4.78 is 2.56. The van der Waals surface area contributed by atoms with Gasteiger partial charge in [0.15, 0.2) is 0 Å². The monoisotopic (exact) mass is 337 g/mol. The zero-order valence-corrected chi connectivity index (χ0v) is 12.5. The van der Waals surface area contributed by atoms with Crippen LogP contribution in [0.3, 0.4) is 0 Å². The highest BCUT2D eigenvalue weighted by molar-refractivity contribution is 9.10. The van der Waals surface area contributed by atoms with Crippen molar-refractivity contribution in [1.29, 1.82) is 0 Å². The average Bonchev–Trinajstić information content (AvgIpc) is 2.84. The number of aromatic nitrogens is 3. The molecule has 2 N–H and O–H groups in total. The maximum absolute atomic E-state index is 10.1. The van der Waals surface area contributed by atoms with Crippen LogP contribution in [0.15, 0.2) is 34.9 Å². The predicted molar refractivity (Wildman–Crippen MR) is 78.0 cm³/mol. The molecule has 1 aliphatic rings. The second-order valence-electron chi connectivity index (χ2n) is 5.31. The van der Waals surface area contributed by atoms with Gasteiger partial charge < -0.3 is 10.2 Å². The van der Waals surface area contributed by atoms with Crippen molar-refractivity contribution in [1.82, 2.24) is 15.0 Å². The molecule has 1 aliphatic carbocycles. The van der Waals surface area contributed by atoms with Gasteiger partial charge in [-0.1, -0.05) is 33.3 Å². The average molecular weight is 338 g/mol. The molecule has 2 aromatic rings. The molecule has 0 saturated heterocycles. The number of hydrogen-bond acceptors (Lipinski definition) is 4. The number of aliphatic hydroxyl groups excluding tert-OH is 1. The molecule has 1 unspecified atom stereocenters. The predicted octanol–water partition coefficient (Wildman–Crippen LogP) is 1.98. The molecule has 3 rings (SSSR count). The van der Waals surface area contributed by atoms with E-state index in [9.17, 15) is 10.2 Å². The SMILES string of the molecule is OC(Cn1cc(-c2cccc(Br)c2)nn1)C1(O)CCC1.